The van der Waals surface area contributed by atoms with E-state index in [0.717, 1.165) is 5.69 Å². The summed E-state index contributed by atoms with van der Waals surface area (Å²) in [7, 11) is 1.62. The number of aliphatic hydroxyl groups is 1. The van der Waals surface area contributed by atoms with Crippen LogP contribution in [0.5, 0.6) is 0 Å². The third-order valence-electron chi connectivity index (χ3n) is 2.69. The first kappa shape index (κ1) is 14.5. The zero-order chi connectivity index (χ0) is 13.5. The van der Waals surface area contributed by atoms with Crippen LogP contribution in [0.4, 0.5) is 11.4 Å². The van der Waals surface area contributed by atoms with Crippen molar-refractivity contribution in [3.05, 3.63) is 23.8 Å². The first-order valence-corrected chi connectivity index (χ1v) is 5.85. The van der Waals surface area contributed by atoms with Crippen LogP contribution in [0.1, 0.15) is 23.7 Å². The highest BCUT2D eigenvalue weighted by Crippen LogP contribution is 2.19. The number of rotatable bonds is 7. The fourth-order valence-corrected chi connectivity index (χ4v) is 1.66. The molecule has 0 amide bonds. The van der Waals surface area contributed by atoms with Gasteiger partial charge in [-0.25, -0.2) is 0 Å². The Balaban J connectivity index is 2.77. The average molecular weight is 252 g/mol. The van der Waals surface area contributed by atoms with Crippen LogP contribution in [0.15, 0.2) is 18.2 Å². The maximum absolute atomic E-state index is 11.4. The number of hydrogen-bond donors (Lipinski definition) is 3. The van der Waals surface area contributed by atoms with Crippen LogP contribution in [-0.2, 0) is 4.74 Å². The maximum Gasteiger partial charge on any atom is 0.161 e. The second-order valence-electron chi connectivity index (χ2n) is 4.16. The van der Waals surface area contributed by atoms with Crippen LogP contribution in [0.2, 0.25) is 0 Å². The molecule has 0 aliphatic rings. The van der Waals surface area contributed by atoms with E-state index in [-0.39, 0.29) is 18.4 Å². The van der Waals surface area contributed by atoms with Crippen molar-refractivity contribution in [1.29, 1.82) is 0 Å². The number of methoxy groups -OCH3 is 1. The van der Waals surface area contributed by atoms with E-state index in [9.17, 15) is 9.90 Å². The summed E-state index contributed by atoms with van der Waals surface area (Å²) in [5.74, 6) is -0.0754. The number of aliphatic hydroxyl groups excluding tert-OH is 1. The summed E-state index contributed by atoms with van der Waals surface area (Å²) in [6, 6.07) is 5.07. The van der Waals surface area contributed by atoms with E-state index in [0.29, 0.717) is 24.3 Å². The molecule has 18 heavy (non-hydrogen) atoms. The number of benzene rings is 1. The lowest BCUT2D eigenvalue weighted by atomic mass is 10.1. The first-order chi connectivity index (χ1) is 8.58. The Kier molecular flexibility index (Phi) is 5.61. The molecule has 0 aliphatic carbocycles. The summed E-state index contributed by atoms with van der Waals surface area (Å²) in [4.78, 5) is 11.4. The highest BCUT2D eigenvalue weighted by molar-refractivity contribution is 6.00. The van der Waals surface area contributed by atoms with Gasteiger partial charge in [0.15, 0.2) is 5.78 Å². The van der Waals surface area contributed by atoms with Crippen molar-refractivity contribution in [2.24, 2.45) is 0 Å². The van der Waals surface area contributed by atoms with Gasteiger partial charge in [0.05, 0.1) is 12.6 Å². The van der Waals surface area contributed by atoms with Gasteiger partial charge in [-0.15, -0.1) is 0 Å². The maximum atomic E-state index is 11.4. The zero-order valence-electron chi connectivity index (χ0n) is 10.8. The Morgan fingerprint density at radius 3 is 2.83 bits per heavy atom. The van der Waals surface area contributed by atoms with Crippen molar-refractivity contribution < 1.29 is 14.6 Å². The molecule has 1 atom stereocenters. The molecular formula is C13H20N2O3. The average Bonchev–Trinajstić information content (AvgIpc) is 2.36. The second kappa shape index (κ2) is 6.98. The molecule has 4 N–H and O–H groups in total. The molecule has 0 fully saturated rings. The number of Topliss-reactive ketones (excluding diaryl/α,β-unsaturated/α-hetero) is 1. The lowest BCUT2D eigenvalue weighted by Gasteiger charge is -2.18. The van der Waals surface area contributed by atoms with Crippen molar-refractivity contribution in [3.8, 4) is 0 Å². The largest absolute Gasteiger partial charge is 0.398 e. The first-order valence-electron chi connectivity index (χ1n) is 5.85. The van der Waals surface area contributed by atoms with Crippen LogP contribution in [-0.4, -0.2) is 37.3 Å². The number of ether oxygens (including phenoxy) is 1. The van der Waals surface area contributed by atoms with Crippen LogP contribution in [0, 0.1) is 0 Å². The number of nitrogens with two attached hydrogens (primary N) is 1. The summed E-state index contributed by atoms with van der Waals surface area (Å²) in [5, 5.41) is 12.4. The van der Waals surface area contributed by atoms with Gasteiger partial charge >= 0.3 is 0 Å². The van der Waals surface area contributed by atoms with Crippen molar-refractivity contribution in [2.45, 2.75) is 19.4 Å². The molecule has 5 nitrogen and oxygen atoms in total. The van der Waals surface area contributed by atoms with Crippen molar-refractivity contribution >= 4 is 17.2 Å². The minimum absolute atomic E-state index is 0.00312. The minimum atomic E-state index is -0.103. The number of carbonyl (C=O) groups excluding carboxylic acids is 1. The number of hydrogen-bond acceptors (Lipinski definition) is 5. The van der Waals surface area contributed by atoms with Gasteiger partial charge < -0.3 is 20.9 Å². The Hall–Kier alpha value is -1.59. The molecular weight excluding hydrogens is 232 g/mol. The van der Waals surface area contributed by atoms with Crippen LogP contribution < -0.4 is 11.1 Å². The number of nitrogens with one attached hydrogen (secondary N) is 1. The summed E-state index contributed by atoms with van der Waals surface area (Å²) < 4.78 is 4.97. The molecule has 0 spiro atoms. The monoisotopic (exact) mass is 252 g/mol. The molecule has 0 heterocycles. The highest BCUT2D eigenvalue weighted by Gasteiger charge is 2.10. The van der Waals surface area contributed by atoms with Crippen molar-refractivity contribution in [3.63, 3.8) is 0 Å². The molecule has 1 aromatic carbocycles. The Labute approximate surface area is 107 Å². The predicted molar refractivity (Wildman–Crippen MR) is 71.8 cm³/mol. The number of anilines is 2. The number of nitrogen functional groups attached to an aromatic ring is 1. The molecule has 0 bridgehead atoms. The fraction of sp³-hybridized carbons (Fsp3) is 0.462. The Morgan fingerprint density at radius 1 is 1.56 bits per heavy atom. The van der Waals surface area contributed by atoms with Gasteiger partial charge in [0.1, 0.15) is 0 Å². The molecule has 0 aliphatic heterocycles. The third-order valence-corrected chi connectivity index (χ3v) is 2.69. The highest BCUT2D eigenvalue weighted by atomic mass is 16.5. The van der Waals surface area contributed by atoms with Crippen molar-refractivity contribution in [1.82, 2.24) is 0 Å². The summed E-state index contributed by atoms with van der Waals surface area (Å²) in [6.07, 6.45) is 0.687. The topological polar surface area (TPSA) is 84.6 Å². The van der Waals surface area contributed by atoms with Gasteiger partial charge in [0.25, 0.3) is 0 Å². The number of ketones is 1. The normalized spacial score (nSPS) is 12.2. The fourth-order valence-electron chi connectivity index (χ4n) is 1.66. The summed E-state index contributed by atoms with van der Waals surface area (Å²) >= 11 is 0. The van der Waals surface area contributed by atoms with Gasteiger partial charge in [-0.1, -0.05) is 0 Å². The minimum Gasteiger partial charge on any atom is -0.398 e. The smallest absolute Gasteiger partial charge is 0.161 e. The molecule has 0 aromatic heterocycles. The molecule has 1 aromatic rings. The standard InChI is InChI=1S/C13H20N2O3/c1-9(17)12-7-10(3-4-13(12)14)15-11(8-16)5-6-18-2/h3-4,7,11,15-16H,5-6,8,14H2,1-2H3. The molecule has 100 valence electrons. The van der Waals surface area contributed by atoms with Gasteiger partial charge in [0.2, 0.25) is 0 Å². The van der Waals surface area contributed by atoms with Crippen LogP contribution in [0.3, 0.4) is 0 Å². The molecule has 1 rings (SSSR count). The lowest BCUT2D eigenvalue weighted by molar-refractivity contribution is 0.101. The van der Waals surface area contributed by atoms with Gasteiger partial charge in [-0.2, -0.15) is 0 Å². The van der Waals surface area contributed by atoms with E-state index in [1.807, 2.05) is 0 Å². The summed E-state index contributed by atoms with van der Waals surface area (Å²) in [5.41, 5.74) is 7.44. The Morgan fingerprint density at radius 2 is 2.28 bits per heavy atom. The SMILES string of the molecule is COCCC(CO)Nc1ccc(N)c(C(C)=O)c1. The molecule has 0 saturated carbocycles. The Bertz CT molecular complexity index is 407. The zero-order valence-corrected chi connectivity index (χ0v) is 10.8. The quantitative estimate of drug-likeness (QED) is 0.503. The van der Waals surface area contributed by atoms with Gasteiger partial charge in [-0.3, -0.25) is 4.79 Å². The van der Waals surface area contributed by atoms with Crippen molar-refractivity contribution in [2.75, 3.05) is 31.4 Å². The molecule has 1 unspecified atom stereocenters. The third kappa shape index (κ3) is 4.01. The summed E-state index contributed by atoms with van der Waals surface area (Å²) in [6.45, 7) is 2.04. The molecule has 0 saturated heterocycles. The predicted octanol–water partition coefficient (Wildman–Crippen LogP) is 1.28. The molecule has 0 radical (unpaired) electrons. The number of carbonyl (C=O) groups is 1. The van der Waals surface area contributed by atoms with Crippen LogP contribution >= 0.6 is 0 Å². The van der Waals surface area contributed by atoms with Gasteiger partial charge in [0, 0.05) is 30.7 Å². The van der Waals surface area contributed by atoms with E-state index in [1.54, 1.807) is 25.3 Å². The van der Waals surface area contributed by atoms with E-state index in [4.69, 9.17) is 10.5 Å². The van der Waals surface area contributed by atoms with E-state index < -0.39 is 0 Å². The lowest BCUT2D eigenvalue weighted by Crippen LogP contribution is -2.25. The van der Waals surface area contributed by atoms with Gasteiger partial charge in [-0.05, 0) is 31.5 Å². The second-order valence-corrected chi connectivity index (χ2v) is 4.16. The van der Waals surface area contributed by atoms with E-state index in [2.05, 4.69) is 5.32 Å². The van der Waals surface area contributed by atoms with E-state index in [1.165, 1.54) is 6.92 Å². The van der Waals surface area contributed by atoms with E-state index >= 15 is 0 Å². The van der Waals surface area contributed by atoms with Crippen LogP contribution in [0.25, 0.3) is 0 Å². The molecule has 5 heteroatoms.